The van der Waals surface area contributed by atoms with Gasteiger partial charge in [-0.3, -0.25) is 0 Å². The van der Waals surface area contributed by atoms with E-state index in [0.717, 1.165) is 5.56 Å². The maximum absolute atomic E-state index is 9.76. The van der Waals surface area contributed by atoms with Crippen molar-refractivity contribution in [2.24, 2.45) is 5.92 Å². The Morgan fingerprint density at radius 1 is 1.30 bits per heavy atom. The van der Waals surface area contributed by atoms with Crippen molar-refractivity contribution >= 4 is 0 Å². The van der Waals surface area contributed by atoms with Gasteiger partial charge < -0.3 is 14.6 Å². The van der Waals surface area contributed by atoms with Gasteiger partial charge in [0.25, 0.3) is 0 Å². The SMILES string of the molecule is COc1ccc(C(C#N)(CCCO)C(C)C)c(OC)c1. The van der Waals surface area contributed by atoms with Gasteiger partial charge >= 0.3 is 0 Å². The number of methoxy groups -OCH3 is 2. The summed E-state index contributed by atoms with van der Waals surface area (Å²) in [4.78, 5) is 0. The number of hydrogen-bond acceptors (Lipinski definition) is 4. The highest BCUT2D eigenvalue weighted by atomic mass is 16.5. The Morgan fingerprint density at radius 3 is 2.45 bits per heavy atom. The molecule has 1 N–H and O–H groups in total. The molecule has 20 heavy (non-hydrogen) atoms. The minimum absolute atomic E-state index is 0.0780. The molecule has 0 amide bonds. The Kier molecular flexibility index (Phi) is 5.84. The summed E-state index contributed by atoms with van der Waals surface area (Å²) in [6.45, 7) is 4.11. The summed E-state index contributed by atoms with van der Waals surface area (Å²) in [6.07, 6.45) is 1.18. The lowest BCUT2D eigenvalue weighted by Crippen LogP contribution is -2.31. The first-order chi connectivity index (χ1) is 9.55. The summed E-state index contributed by atoms with van der Waals surface area (Å²) in [6, 6.07) is 7.97. The highest BCUT2D eigenvalue weighted by Crippen LogP contribution is 2.42. The van der Waals surface area contributed by atoms with Gasteiger partial charge in [-0.05, 0) is 24.8 Å². The summed E-state index contributed by atoms with van der Waals surface area (Å²) in [5.41, 5.74) is 0.187. The monoisotopic (exact) mass is 277 g/mol. The van der Waals surface area contributed by atoms with E-state index in [1.165, 1.54) is 0 Å². The van der Waals surface area contributed by atoms with Crippen LogP contribution < -0.4 is 9.47 Å². The topological polar surface area (TPSA) is 62.5 Å². The van der Waals surface area contributed by atoms with Crippen molar-refractivity contribution in [1.29, 1.82) is 5.26 Å². The van der Waals surface area contributed by atoms with E-state index >= 15 is 0 Å². The molecule has 0 bridgehead atoms. The molecule has 1 atom stereocenters. The zero-order valence-corrected chi connectivity index (χ0v) is 12.6. The summed E-state index contributed by atoms with van der Waals surface area (Å²) in [7, 11) is 3.19. The predicted molar refractivity (Wildman–Crippen MR) is 78.0 cm³/mol. The van der Waals surface area contributed by atoms with Crippen LogP contribution in [0.25, 0.3) is 0 Å². The molecule has 0 aliphatic carbocycles. The number of aliphatic hydroxyl groups is 1. The Bertz CT molecular complexity index is 479. The Labute approximate surface area is 120 Å². The van der Waals surface area contributed by atoms with Gasteiger partial charge in [0, 0.05) is 18.2 Å². The lowest BCUT2D eigenvalue weighted by atomic mass is 9.69. The standard InChI is InChI=1S/C16H23NO3/c1-12(2)16(11-17,8-5-9-18)14-7-6-13(19-3)10-15(14)20-4/h6-7,10,12,18H,5,8-9H2,1-4H3. The largest absolute Gasteiger partial charge is 0.497 e. The number of hydrogen-bond donors (Lipinski definition) is 1. The summed E-state index contributed by atoms with van der Waals surface area (Å²) in [5.74, 6) is 1.46. The van der Waals surface area contributed by atoms with Crippen LogP contribution in [0.3, 0.4) is 0 Å². The molecule has 0 aromatic heterocycles. The zero-order valence-electron chi connectivity index (χ0n) is 12.6. The third-order valence-electron chi connectivity index (χ3n) is 3.80. The van der Waals surface area contributed by atoms with Gasteiger partial charge in [0.05, 0.1) is 25.7 Å². The first-order valence-corrected chi connectivity index (χ1v) is 6.80. The molecular weight excluding hydrogens is 254 g/mol. The van der Waals surface area contributed by atoms with Crippen molar-refractivity contribution in [2.45, 2.75) is 32.1 Å². The Morgan fingerprint density at radius 2 is 2.00 bits per heavy atom. The second-order valence-electron chi connectivity index (χ2n) is 5.13. The van der Waals surface area contributed by atoms with Gasteiger partial charge in [0.1, 0.15) is 11.5 Å². The van der Waals surface area contributed by atoms with Crippen molar-refractivity contribution in [1.82, 2.24) is 0 Å². The van der Waals surface area contributed by atoms with Crippen LogP contribution in [0.5, 0.6) is 11.5 Å². The molecule has 0 aliphatic rings. The van der Waals surface area contributed by atoms with E-state index in [0.29, 0.717) is 24.3 Å². The van der Waals surface area contributed by atoms with Gasteiger partial charge in [-0.2, -0.15) is 5.26 Å². The number of nitrogens with zero attached hydrogens (tertiary/aromatic N) is 1. The van der Waals surface area contributed by atoms with Gasteiger partial charge in [-0.1, -0.05) is 19.9 Å². The fraction of sp³-hybridized carbons (Fsp3) is 0.562. The van der Waals surface area contributed by atoms with Crippen LogP contribution in [-0.4, -0.2) is 25.9 Å². The van der Waals surface area contributed by atoms with Crippen LogP contribution in [0.4, 0.5) is 0 Å². The summed E-state index contributed by atoms with van der Waals surface area (Å²) >= 11 is 0. The molecule has 110 valence electrons. The van der Waals surface area contributed by atoms with Crippen molar-refractivity contribution in [3.05, 3.63) is 23.8 Å². The average Bonchev–Trinajstić information content (AvgIpc) is 2.48. The summed E-state index contributed by atoms with van der Waals surface area (Å²) in [5, 5.41) is 18.9. The van der Waals surface area contributed by atoms with E-state index in [1.807, 2.05) is 26.0 Å². The molecule has 1 unspecified atom stereocenters. The molecule has 1 aromatic rings. The third-order valence-corrected chi connectivity index (χ3v) is 3.80. The van der Waals surface area contributed by atoms with Crippen LogP contribution in [-0.2, 0) is 5.41 Å². The Hall–Kier alpha value is -1.73. The van der Waals surface area contributed by atoms with Crippen LogP contribution >= 0.6 is 0 Å². The lowest BCUT2D eigenvalue weighted by Gasteiger charge is -2.32. The molecule has 0 radical (unpaired) electrons. The normalized spacial score (nSPS) is 13.7. The van der Waals surface area contributed by atoms with Gasteiger partial charge in [-0.25, -0.2) is 0 Å². The molecule has 0 saturated carbocycles. The van der Waals surface area contributed by atoms with E-state index in [4.69, 9.17) is 14.6 Å². The second kappa shape index (κ2) is 7.16. The highest BCUT2D eigenvalue weighted by molar-refractivity contribution is 5.48. The van der Waals surface area contributed by atoms with Crippen LogP contribution in [0.15, 0.2) is 18.2 Å². The number of rotatable bonds is 7. The molecule has 0 spiro atoms. The van der Waals surface area contributed by atoms with E-state index in [-0.39, 0.29) is 12.5 Å². The fourth-order valence-electron chi connectivity index (χ4n) is 2.50. The number of aliphatic hydroxyl groups excluding tert-OH is 1. The maximum atomic E-state index is 9.76. The molecule has 0 aliphatic heterocycles. The van der Waals surface area contributed by atoms with Gasteiger partial charge in [-0.15, -0.1) is 0 Å². The summed E-state index contributed by atoms with van der Waals surface area (Å²) < 4.78 is 10.6. The highest BCUT2D eigenvalue weighted by Gasteiger charge is 2.38. The molecule has 1 aromatic carbocycles. The Balaban J connectivity index is 3.37. The van der Waals surface area contributed by atoms with Gasteiger partial charge in [0.15, 0.2) is 0 Å². The van der Waals surface area contributed by atoms with E-state index in [2.05, 4.69) is 6.07 Å². The van der Waals surface area contributed by atoms with E-state index in [9.17, 15) is 5.26 Å². The molecule has 4 nitrogen and oxygen atoms in total. The minimum Gasteiger partial charge on any atom is -0.497 e. The third kappa shape index (κ3) is 3.05. The molecule has 4 heteroatoms. The molecule has 0 heterocycles. The fourth-order valence-corrected chi connectivity index (χ4v) is 2.50. The maximum Gasteiger partial charge on any atom is 0.127 e. The molecule has 0 fully saturated rings. The molecule has 1 rings (SSSR count). The van der Waals surface area contributed by atoms with Crippen molar-refractivity contribution < 1.29 is 14.6 Å². The first kappa shape index (κ1) is 16.3. The smallest absolute Gasteiger partial charge is 0.127 e. The van der Waals surface area contributed by atoms with Crippen molar-refractivity contribution in [3.8, 4) is 17.6 Å². The van der Waals surface area contributed by atoms with E-state index < -0.39 is 5.41 Å². The van der Waals surface area contributed by atoms with Crippen LogP contribution in [0.1, 0.15) is 32.3 Å². The minimum atomic E-state index is -0.666. The van der Waals surface area contributed by atoms with Crippen LogP contribution in [0.2, 0.25) is 0 Å². The molecular formula is C16H23NO3. The quantitative estimate of drug-likeness (QED) is 0.832. The van der Waals surface area contributed by atoms with E-state index in [1.54, 1.807) is 20.3 Å². The van der Waals surface area contributed by atoms with Crippen molar-refractivity contribution in [2.75, 3.05) is 20.8 Å². The average molecular weight is 277 g/mol. The van der Waals surface area contributed by atoms with Gasteiger partial charge in [0.2, 0.25) is 0 Å². The first-order valence-electron chi connectivity index (χ1n) is 6.80. The number of benzene rings is 1. The van der Waals surface area contributed by atoms with Crippen LogP contribution in [0, 0.1) is 17.2 Å². The molecule has 0 saturated heterocycles. The lowest BCUT2D eigenvalue weighted by molar-refractivity contribution is 0.253. The number of ether oxygens (including phenoxy) is 2. The zero-order chi connectivity index (χ0) is 15.2. The number of nitriles is 1. The van der Waals surface area contributed by atoms with Crippen molar-refractivity contribution in [3.63, 3.8) is 0 Å². The predicted octanol–water partition coefficient (Wildman–Crippen LogP) is 2.89. The second-order valence-corrected chi connectivity index (χ2v) is 5.13.